The van der Waals surface area contributed by atoms with E-state index in [1.807, 2.05) is 0 Å². The quantitative estimate of drug-likeness (QED) is 0.929. The first-order valence-electron chi connectivity index (χ1n) is 7.29. The second kappa shape index (κ2) is 5.96. The maximum atomic E-state index is 11.4. The van der Waals surface area contributed by atoms with Gasteiger partial charge in [0.25, 0.3) is 0 Å². The van der Waals surface area contributed by atoms with E-state index in [0.717, 1.165) is 35.7 Å². The van der Waals surface area contributed by atoms with Crippen molar-refractivity contribution >= 4 is 26.9 Å². The number of thiazole rings is 1. The van der Waals surface area contributed by atoms with Crippen LogP contribution in [0.1, 0.15) is 28.9 Å². The highest BCUT2D eigenvalue weighted by Gasteiger charge is 2.19. The molecule has 0 radical (unpaired) electrons. The molecule has 2 heterocycles. The molecule has 0 saturated heterocycles. The summed E-state index contributed by atoms with van der Waals surface area (Å²) in [6.45, 7) is 2.93. The van der Waals surface area contributed by atoms with E-state index in [0.29, 0.717) is 6.54 Å². The van der Waals surface area contributed by atoms with E-state index < -0.39 is 9.84 Å². The van der Waals surface area contributed by atoms with Gasteiger partial charge in [-0.1, -0.05) is 6.92 Å². The number of hydrogen-bond acceptors (Lipinski definition) is 6. The highest BCUT2D eigenvalue weighted by molar-refractivity contribution is 7.90. The summed E-state index contributed by atoms with van der Waals surface area (Å²) in [5, 5.41) is 4.42. The zero-order valence-electron chi connectivity index (χ0n) is 12.7. The number of pyridine rings is 1. The van der Waals surface area contributed by atoms with Gasteiger partial charge >= 0.3 is 0 Å². The summed E-state index contributed by atoms with van der Waals surface area (Å²) in [7, 11) is -3.24. The van der Waals surface area contributed by atoms with Crippen molar-refractivity contribution in [3.05, 3.63) is 33.9 Å². The summed E-state index contributed by atoms with van der Waals surface area (Å²) in [5.74, 6) is 0.751. The standard InChI is InChI=1S/C15H19N3O2S2/c1-10-3-5-12-13(7-10)21-14(18-12)9-16-11-4-6-15(17-8-11)22(2,19)20/h4,6,8,10,16H,3,5,7,9H2,1-2H3. The van der Waals surface area contributed by atoms with Crippen LogP contribution < -0.4 is 5.32 Å². The van der Waals surface area contributed by atoms with E-state index in [1.54, 1.807) is 23.6 Å². The largest absolute Gasteiger partial charge is 0.377 e. The second-order valence-corrected chi connectivity index (χ2v) is 8.97. The molecule has 1 aliphatic carbocycles. The summed E-state index contributed by atoms with van der Waals surface area (Å²) >= 11 is 1.78. The minimum atomic E-state index is -3.24. The van der Waals surface area contributed by atoms with Gasteiger partial charge in [-0.05, 0) is 37.3 Å². The Labute approximate surface area is 134 Å². The monoisotopic (exact) mass is 337 g/mol. The average Bonchev–Trinajstić information content (AvgIpc) is 2.86. The van der Waals surface area contributed by atoms with Crippen molar-refractivity contribution in [2.75, 3.05) is 11.6 Å². The van der Waals surface area contributed by atoms with Crippen LogP contribution in [-0.4, -0.2) is 24.6 Å². The summed E-state index contributed by atoms with van der Waals surface area (Å²) in [5.41, 5.74) is 2.05. The van der Waals surface area contributed by atoms with Gasteiger partial charge in [-0.3, -0.25) is 0 Å². The summed E-state index contributed by atoms with van der Waals surface area (Å²) < 4.78 is 22.7. The van der Waals surface area contributed by atoms with Gasteiger partial charge in [-0.25, -0.2) is 18.4 Å². The maximum Gasteiger partial charge on any atom is 0.192 e. The van der Waals surface area contributed by atoms with Crippen molar-refractivity contribution in [3.63, 3.8) is 0 Å². The van der Waals surface area contributed by atoms with Gasteiger partial charge in [0.2, 0.25) is 0 Å². The third-order valence-electron chi connectivity index (χ3n) is 3.79. The van der Waals surface area contributed by atoms with Gasteiger partial charge in [0.15, 0.2) is 14.9 Å². The van der Waals surface area contributed by atoms with E-state index in [9.17, 15) is 8.42 Å². The fraction of sp³-hybridized carbons (Fsp3) is 0.467. The van der Waals surface area contributed by atoms with Gasteiger partial charge in [-0.15, -0.1) is 11.3 Å². The molecule has 0 bridgehead atoms. The third-order valence-corrected chi connectivity index (χ3v) is 5.91. The van der Waals surface area contributed by atoms with Gasteiger partial charge in [0, 0.05) is 11.1 Å². The fourth-order valence-corrected chi connectivity index (χ4v) is 4.33. The van der Waals surface area contributed by atoms with Crippen molar-refractivity contribution in [2.45, 2.75) is 37.8 Å². The molecule has 22 heavy (non-hydrogen) atoms. The Bertz CT molecular complexity index is 767. The molecule has 2 aromatic rings. The van der Waals surface area contributed by atoms with Crippen LogP contribution in [0.3, 0.4) is 0 Å². The Morgan fingerprint density at radius 3 is 2.91 bits per heavy atom. The van der Waals surface area contributed by atoms with Gasteiger partial charge in [-0.2, -0.15) is 0 Å². The van der Waals surface area contributed by atoms with E-state index in [4.69, 9.17) is 4.98 Å². The first-order chi connectivity index (χ1) is 10.4. The molecular formula is C15H19N3O2S2. The Morgan fingerprint density at radius 1 is 1.41 bits per heavy atom. The minimum absolute atomic E-state index is 0.0942. The topological polar surface area (TPSA) is 72.0 Å². The first kappa shape index (κ1) is 15.4. The third kappa shape index (κ3) is 3.47. The lowest BCUT2D eigenvalue weighted by Gasteiger charge is -2.15. The van der Waals surface area contributed by atoms with Gasteiger partial charge in [0.1, 0.15) is 5.01 Å². The van der Waals surface area contributed by atoms with Crippen LogP contribution in [0, 0.1) is 5.92 Å². The second-order valence-electron chi connectivity index (χ2n) is 5.84. The van der Waals surface area contributed by atoms with Crippen molar-refractivity contribution in [2.24, 2.45) is 5.92 Å². The molecule has 3 rings (SSSR count). The van der Waals surface area contributed by atoms with E-state index in [1.165, 1.54) is 23.1 Å². The van der Waals surface area contributed by atoms with E-state index in [-0.39, 0.29) is 5.03 Å². The molecule has 1 N–H and O–H groups in total. The lowest BCUT2D eigenvalue weighted by atomic mass is 9.93. The van der Waals surface area contributed by atoms with Crippen molar-refractivity contribution in [1.29, 1.82) is 0 Å². The molecule has 1 atom stereocenters. The number of anilines is 1. The van der Waals surface area contributed by atoms with Crippen LogP contribution >= 0.6 is 11.3 Å². The molecule has 0 aliphatic heterocycles. The molecule has 0 spiro atoms. The molecule has 5 nitrogen and oxygen atoms in total. The van der Waals surface area contributed by atoms with Crippen LogP contribution in [0.4, 0.5) is 5.69 Å². The molecular weight excluding hydrogens is 318 g/mol. The number of fused-ring (bicyclic) bond motifs is 1. The minimum Gasteiger partial charge on any atom is -0.377 e. The lowest BCUT2D eigenvalue weighted by Crippen LogP contribution is -2.09. The molecule has 7 heteroatoms. The zero-order valence-corrected chi connectivity index (χ0v) is 14.3. The van der Waals surface area contributed by atoms with E-state index >= 15 is 0 Å². The summed E-state index contributed by atoms with van der Waals surface area (Å²) in [6, 6.07) is 3.26. The van der Waals surface area contributed by atoms with Crippen molar-refractivity contribution in [1.82, 2.24) is 9.97 Å². The molecule has 0 fully saturated rings. The number of nitrogens with zero attached hydrogens (tertiary/aromatic N) is 2. The number of aryl methyl sites for hydroxylation is 1. The van der Waals surface area contributed by atoms with Crippen molar-refractivity contribution in [3.8, 4) is 0 Å². The van der Waals surface area contributed by atoms with Gasteiger partial charge < -0.3 is 5.32 Å². The SMILES string of the molecule is CC1CCc2nc(CNc3ccc(S(C)(=O)=O)nc3)sc2C1. The highest BCUT2D eigenvalue weighted by Crippen LogP contribution is 2.30. The lowest BCUT2D eigenvalue weighted by molar-refractivity contribution is 0.501. The van der Waals surface area contributed by atoms with Crippen LogP contribution in [0.5, 0.6) is 0 Å². The van der Waals surface area contributed by atoms with Crippen LogP contribution in [-0.2, 0) is 29.2 Å². The van der Waals surface area contributed by atoms with E-state index in [2.05, 4.69) is 17.2 Å². The number of sulfone groups is 1. The fourth-order valence-electron chi connectivity index (χ4n) is 2.55. The molecule has 1 aliphatic rings. The molecule has 1 unspecified atom stereocenters. The van der Waals surface area contributed by atoms with Crippen LogP contribution in [0.2, 0.25) is 0 Å². The zero-order chi connectivity index (χ0) is 15.7. The predicted octanol–water partition coefficient (Wildman–Crippen LogP) is 2.68. The number of rotatable bonds is 4. The normalized spacial score (nSPS) is 18.0. The molecule has 0 amide bonds. The summed E-state index contributed by atoms with van der Waals surface area (Å²) in [4.78, 5) is 10.1. The Hall–Kier alpha value is -1.47. The Kier molecular flexibility index (Phi) is 4.18. The Balaban J connectivity index is 1.66. The summed E-state index contributed by atoms with van der Waals surface area (Å²) in [6.07, 6.45) is 6.14. The highest BCUT2D eigenvalue weighted by atomic mass is 32.2. The molecule has 0 aromatic carbocycles. The first-order valence-corrected chi connectivity index (χ1v) is 10.00. The van der Waals surface area contributed by atoms with Crippen molar-refractivity contribution < 1.29 is 8.42 Å². The molecule has 2 aromatic heterocycles. The molecule has 0 saturated carbocycles. The smallest absolute Gasteiger partial charge is 0.192 e. The number of aromatic nitrogens is 2. The maximum absolute atomic E-state index is 11.4. The van der Waals surface area contributed by atoms with Crippen LogP contribution in [0.25, 0.3) is 0 Å². The van der Waals surface area contributed by atoms with Gasteiger partial charge in [0.05, 0.1) is 24.1 Å². The number of nitrogens with one attached hydrogen (secondary N) is 1. The van der Waals surface area contributed by atoms with Crippen LogP contribution in [0.15, 0.2) is 23.4 Å². The molecule has 118 valence electrons. The Morgan fingerprint density at radius 2 is 2.23 bits per heavy atom. The average molecular weight is 337 g/mol. The number of hydrogen-bond donors (Lipinski definition) is 1. The predicted molar refractivity (Wildman–Crippen MR) is 88.0 cm³/mol.